The predicted molar refractivity (Wildman–Crippen MR) is 76.4 cm³/mol. The second kappa shape index (κ2) is 7.17. The highest BCUT2D eigenvalue weighted by molar-refractivity contribution is 5.80. The summed E-state index contributed by atoms with van der Waals surface area (Å²) < 4.78 is 44.0. The molecule has 1 saturated carbocycles. The van der Waals surface area contributed by atoms with Crippen molar-refractivity contribution in [3.63, 3.8) is 0 Å². The summed E-state index contributed by atoms with van der Waals surface area (Å²) in [6, 6.07) is -0.104. The molecule has 1 amide bonds. The molecule has 0 aromatic heterocycles. The van der Waals surface area contributed by atoms with Gasteiger partial charge in [-0.05, 0) is 32.1 Å². The van der Waals surface area contributed by atoms with Crippen LogP contribution in [-0.4, -0.2) is 55.9 Å². The number of carbonyl (C=O) groups excluding carboxylic acids is 1. The minimum Gasteiger partial charge on any atom is -0.364 e. The van der Waals surface area contributed by atoms with E-state index in [1.807, 2.05) is 0 Å². The van der Waals surface area contributed by atoms with Crippen LogP contribution in [0.3, 0.4) is 0 Å². The summed E-state index contributed by atoms with van der Waals surface area (Å²) >= 11 is 0. The Bertz CT molecular complexity index is 387. The van der Waals surface area contributed by atoms with Crippen LogP contribution in [0.25, 0.3) is 0 Å². The maximum absolute atomic E-state index is 12.8. The quantitative estimate of drug-likeness (QED) is 0.864. The first kappa shape index (κ1) is 17.5. The van der Waals surface area contributed by atoms with Crippen LogP contribution in [0.2, 0.25) is 0 Å². The molecule has 1 aliphatic carbocycles. The van der Waals surface area contributed by atoms with Gasteiger partial charge in [-0.15, -0.1) is 0 Å². The van der Waals surface area contributed by atoms with Gasteiger partial charge in [-0.25, -0.2) is 0 Å². The molecule has 22 heavy (non-hydrogen) atoms. The third kappa shape index (κ3) is 4.59. The zero-order valence-electron chi connectivity index (χ0n) is 13.2. The smallest absolute Gasteiger partial charge is 0.364 e. The van der Waals surface area contributed by atoms with Gasteiger partial charge in [0.25, 0.3) is 5.91 Å². The fourth-order valence-electron chi connectivity index (χ4n) is 3.30. The van der Waals surface area contributed by atoms with E-state index >= 15 is 0 Å². The Labute approximate surface area is 129 Å². The molecule has 0 aromatic rings. The van der Waals surface area contributed by atoms with Crippen molar-refractivity contribution in [1.29, 1.82) is 0 Å². The summed E-state index contributed by atoms with van der Waals surface area (Å²) in [4.78, 5) is 13.3. The van der Waals surface area contributed by atoms with Crippen LogP contribution in [0.15, 0.2) is 0 Å². The Morgan fingerprint density at radius 1 is 1.23 bits per heavy atom. The summed E-state index contributed by atoms with van der Waals surface area (Å²) in [5.41, 5.74) is 0. The number of hydrogen-bond donors (Lipinski definition) is 1. The van der Waals surface area contributed by atoms with Gasteiger partial charge in [0.2, 0.25) is 0 Å². The molecule has 4 atom stereocenters. The number of likely N-dealkylation sites (N-methyl/N-ethyl adjacent to an activating group) is 1. The molecule has 0 spiro atoms. The molecule has 4 nitrogen and oxygen atoms in total. The van der Waals surface area contributed by atoms with E-state index in [1.54, 1.807) is 14.1 Å². The first-order chi connectivity index (χ1) is 10.3. The van der Waals surface area contributed by atoms with Gasteiger partial charge < -0.3 is 15.0 Å². The molecular weight excluding hydrogens is 297 g/mol. The maximum atomic E-state index is 12.8. The average Bonchev–Trinajstić information content (AvgIpc) is 2.92. The van der Waals surface area contributed by atoms with E-state index in [0.717, 1.165) is 12.8 Å². The minimum absolute atomic E-state index is 0.0442. The summed E-state index contributed by atoms with van der Waals surface area (Å²) in [6.07, 6.45) is -1.36. The lowest BCUT2D eigenvalue weighted by atomic mass is 9.85. The molecular formula is C15H25F3N2O2. The lowest BCUT2D eigenvalue weighted by Gasteiger charge is -2.31. The number of rotatable bonds is 4. The van der Waals surface area contributed by atoms with Crippen LogP contribution in [0.4, 0.5) is 13.2 Å². The standard InChI is InChI=1S/C15H25F3N2O2/c1-20(2)14(21)13-7-6-12(22-13)9-19-11-5-3-4-10(8-11)15(16,17)18/h10-13,19H,3-9H2,1-2H3/t10-,11+,12-,13+/m1/s1. The van der Waals surface area contributed by atoms with E-state index in [0.29, 0.717) is 19.4 Å². The van der Waals surface area contributed by atoms with Gasteiger partial charge >= 0.3 is 6.18 Å². The SMILES string of the molecule is CN(C)C(=O)[C@@H]1CC[C@H](CN[C@H]2CCC[C@@H](C(F)(F)F)C2)O1. The summed E-state index contributed by atoms with van der Waals surface area (Å²) in [5, 5.41) is 3.20. The van der Waals surface area contributed by atoms with Crippen LogP contribution < -0.4 is 5.32 Å². The van der Waals surface area contributed by atoms with E-state index in [-0.39, 0.29) is 30.9 Å². The third-order valence-corrected chi connectivity index (χ3v) is 4.60. The number of ether oxygens (including phenoxy) is 1. The van der Waals surface area contributed by atoms with Crippen molar-refractivity contribution in [2.45, 2.75) is 63.0 Å². The first-order valence-corrected chi connectivity index (χ1v) is 7.94. The largest absolute Gasteiger partial charge is 0.391 e. The van der Waals surface area contributed by atoms with Crippen molar-refractivity contribution in [2.75, 3.05) is 20.6 Å². The van der Waals surface area contributed by atoms with E-state index in [1.165, 1.54) is 4.90 Å². The van der Waals surface area contributed by atoms with E-state index in [9.17, 15) is 18.0 Å². The number of nitrogens with zero attached hydrogens (tertiary/aromatic N) is 1. The van der Waals surface area contributed by atoms with Gasteiger partial charge in [0.05, 0.1) is 12.0 Å². The fourth-order valence-corrected chi connectivity index (χ4v) is 3.30. The number of nitrogens with one attached hydrogen (secondary N) is 1. The molecule has 2 rings (SSSR count). The number of alkyl halides is 3. The molecule has 1 aliphatic heterocycles. The van der Waals surface area contributed by atoms with Crippen molar-refractivity contribution in [2.24, 2.45) is 5.92 Å². The van der Waals surface area contributed by atoms with Crippen LogP contribution in [-0.2, 0) is 9.53 Å². The zero-order chi connectivity index (χ0) is 16.3. The number of halogens is 3. The average molecular weight is 322 g/mol. The molecule has 1 N–H and O–H groups in total. The topological polar surface area (TPSA) is 41.6 Å². The third-order valence-electron chi connectivity index (χ3n) is 4.60. The van der Waals surface area contributed by atoms with Crippen molar-refractivity contribution < 1.29 is 22.7 Å². The van der Waals surface area contributed by atoms with Gasteiger partial charge in [-0.3, -0.25) is 4.79 Å². The fraction of sp³-hybridized carbons (Fsp3) is 0.933. The van der Waals surface area contributed by atoms with E-state index in [4.69, 9.17) is 4.74 Å². The monoisotopic (exact) mass is 322 g/mol. The maximum Gasteiger partial charge on any atom is 0.391 e. The Balaban J connectivity index is 1.74. The van der Waals surface area contributed by atoms with Crippen molar-refractivity contribution >= 4 is 5.91 Å². The van der Waals surface area contributed by atoms with Gasteiger partial charge in [0.15, 0.2) is 0 Å². The first-order valence-electron chi connectivity index (χ1n) is 7.94. The Morgan fingerprint density at radius 3 is 2.59 bits per heavy atom. The molecule has 2 aliphatic rings. The lowest BCUT2D eigenvalue weighted by Crippen LogP contribution is -2.42. The number of carbonyl (C=O) groups is 1. The second-order valence-electron chi connectivity index (χ2n) is 6.57. The van der Waals surface area contributed by atoms with Crippen molar-refractivity contribution in [1.82, 2.24) is 10.2 Å². The number of hydrogen-bond acceptors (Lipinski definition) is 3. The van der Waals surface area contributed by atoms with Crippen molar-refractivity contribution in [3.05, 3.63) is 0 Å². The molecule has 0 radical (unpaired) electrons. The Kier molecular flexibility index (Phi) is 5.71. The molecule has 2 fully saturated rings. The normalized spacial score (nSPS) is 33.0. The van der Waals surface area contributed by atoms with Gasteiger partial charge in [-0.2, -0.15) is 13.2 Å². The van der Waals surface area contributed by atoms with Gasteiger partial charge in [0.1, 0.15) is 6.10 Å². The van der Waals surface area contributed by atoms with Crippen LogP contribution in [0.5, 0.6) is 0 Å². The van der Waals surface area contributed by atoms with E-state index < -0.39 is 18.2 Å². The molecule has 1 saturated heterocycles. The Morgan fingerprint density at radius 2 is 1.95 bits per heavy atom. The lowest BCUT2D eigenvalue weighted by molar-refractivity contribution is -0.183. The van der Waals surface area contributed by atoms with Gasteiger partial charge in [-0.1, -0.05) is 6.42 Å². The highest BCUT2D eigenvalue weighted by atomic mass is 19.4. The molecule has 128 valence electrons. The molecule has 0 bridgehead atoms. The second-order valence-corrected chi connectivity index (χ2v) is 6.57. The molecule has 0 unspecified atom stereocenters. The zero-order valence-corrected chi connectivity index (χ0v) is 13.2. The highest BCUT2D eigenvalue weighted by Crippen LogP contribution is 2.37. The number of amides is 1. The molecule has 0 aromatic carbocycles. The van der Waals surface area contributed by atoms with E-state index in [2.05, 4.69) is 5.32 Å². The van der Waals surface area contributed by atoms with Crippen molar-refractivity contribution in [3.8, 4) is 0 Å². The summed E-state index contributed by atoms with van der Waals surface area (Å²) in [7, 11) is 3.38. The highest BCUT2D eigenvalue weighted by Gasteiger charge is 2.42. The predicted octanol–water partition coefficient (Wildman–Crippen LogP) is 2.33. The van der Waals surface area contributed by atoms with Crippen LogP contribution >= 0.6 is 0 Å². The van der Waals surface area contributed by atoms with Gasteiger partial charge in [0, 0.05) is 26.7 Å². The summed E-state index contributed by atoms with van der Waals surface area (Å²) in [5.74, 6) is -1.23. The molecule has 7 heteroatoms. The molecule has 1 heterocycles. The Hall–Kier alpha value is -0.820. The van der Waals surface area contributed by atoms with Crippen LogP contribution in [0, 0.1) is 5.92 Å². The summed E-state index contributed by atoms with van der Waals surface area (Å²) in [6.45, 7) is 0.520. The van der Waals surface area contributed by atoms with Crippen LogP contribution in [0.1, 0.15) is 38.5 Å². The minimum atomic E-state index is -4.09.